The number of hydrogen-bond donors (Lipinski definition) is 1. The number of rotatable bonds is 8. The molecule has 0 aromatic heterocycles. The number of hydrazone groups is 1. The number of sulfonamides is 1. The highest BCUT2D eigenvalue weighted by Gasteiger charge is 2.27. The SMILES string of the molecule is Cc1cccc(CN(CC(=O)N/N=C\c2ccccc2F)S(=O)(=O)c2ccc(Cl)cc2)c1. The summed E-state index contributed by atoms with van der Waals surface area (Å²) in [5.41, 5.74) is 4.14. The molecule has 32 heavy (non-hydrogen) atoms. The standard InChI is InChI=1S/C23H21ClFN3O3S/c1-17-5-4-6-18(13-17)15-28(32(30,31)21-11-9-20(24)10-12-21)16-23(29)27-26-14-19-7-2-3-8-22(19)25/h2-14H,15-16H2,1H3,(H,27,29)/b26-14-. The molecule has 9 heteroatoms. The summed E-state index contributed by atoms with van der Waals surface area (Å²) in [6.07, 6.45) is 1.16. The van der Waals surface area contributed by atoms with Gasteiger partial charge >= 0.3 is 0 Å². The maximum Gasteiger partial charge on any atom is 0.255 e. The van der Waals surface area contributed by atoms with Gasteiger partial charge in [-0.3, -0.25) is 4.79 Å². The maximum atomic E-state index is 13.7. The maximum absolute atomic E-state index is 13.7. The number of benzene rings is 3. The topological polar surface area (TPSA) is 78.8 Å². The summed E-state index contributed by atoms with van der Waals surface area (Å²) >= 11 is 5.88. The fourth-order valence-corrected chi connectivity index (χ4v) is 4.46. The Labute approximate surface area is 191 Å². The number of nitrogens with zero attached hydrogens (tertiary/aromatic N) is 2. The van der Waals surface area contributed by atoms with E-state index >= 15 is 0 Å². The van der Waals surface area contributed by atoms with Crippen molar-refractivity contribution in [1.82, 2.24) is 9.73 Å². The Balaban J connectivity index is 1.81. The van der Waals surface area contributed by atoms with Crippen LogP contribution < -0.4 is 5.43 Å². The molecule has 1 amide bonds. The molecule has 0 aliphatic heterocycles. The lowest BCUT2D eigenvalue weighted by atomic mass is 10.1. The Bertz CT molecular complexity index is 1230. The second-order valence-electron chi connectivity index (χ2n) is 7.03. The lowest BCUT2D eigenvalue weighted by Gasteiger charge is -2.21. The van der Waals surface area contributed by atoms with Gasteiger partial charge in [-0.2, -0.15) is 9.41 Å². The Hall–Kier alpha value is -3.07. The first-order chi connectivity index (χ1) is 15.3. The molecule has 0 saturated heterocycles. The molecular weight excluding hydrogens is 453 g/mol. The van der Waals surface area contributed by atoms with Crippen molar-refractivity contribution in [3.05, 3.63) is 100 Å². The molecule has 0 bridgehead atoms. The van der Waals surface area contributed by atoms with Crippen LogP contribution in [0.2, 0.25) is 5.02 Å². The first-order valence-corrected chi connectivity index (χ1v) is 11.5. The summed E-state index contributed by atoms with van der Waals surface area (Å²) < 4.78 is 41.2. The molecule has 0 atom stereocenters. The monoisotopic (exact) mass is 473 g/mol. The molecule has 0 spiro atoms. The average molecular weight is 474 g/mol. The zero-order chi connectivity index (χ0) is 23.1. The van der Waals surface area contributed by atoms with Crippen LogP contribution in [0.1, 0.15) is 16.7 Å². The normalized spacial score (nSPS) is 11.8. The van der Waals surface area contributed by atoms with Crippen LogP contribution in [0.3, 0.4) is 0 Å². The molecule has 0 radical (unpaired) electrons. The molecule has 0 unspecified atom stereocenters. The zero-order valence-electron chi connectivity index (χ0n) is 17.2. The highest BCUT2D eigenvalue weighted by Crippen LogP contribution is 2.21. The van der Waals surface area contributed by atoms with Crippen molar-refractivity contribution in [2.45, 2.75) is 18.4 Å². The number of aryl methyl sites for hydroxylation is 1. The quantitative estimate of drug-likeness (QED) is 0.394. The average Bonchev–Trinajstić information content (AvgIpc) is 2.75. The van der Waals surface area contributed by atoms with Gasteiger partial charge in [-0.05, 0) is 42.8 Å². The Morgan fingerprint density at radius 3 is 2.50 bits per heavy atom. The van der Waals surface area contributed by atoms with E-state index < -0.39 is 28.3 Å². The van der Waals surface area contributed by atoms with Crippen LogP contribution in [-0.4, -0.2) is 31.4 Å². The van der Waals surface area contributed by atoms with Gasteiger partial charge in [-0.1, -0.05) is 59.6 Å². The van der Waals surface area contributed by atoms with Crippen molar-refractivity contribution in [1.29, 1.82) is 0 Å². The van der Waals surface area contributed by atoms with Gasteiger partial charge in [0, 0.05) is 17.1 Å². The second kappa shape index (κ2) is 10.5. The molecular formula is C23H21ClFN3O3S. The van der Waals surface area contributed by atoms with Gasteiger partial charge in [-0.25, -0.2) is 18.2 Å². The summed E-state index contributed by atoms with van der Waals surface area (Å²) in [5, 5.41) is 4.14. The van der Waals surface area contributed by atoms with Gasteiger partial charge in [0.05, 0.1) is 17.7 Å². The lowest BCUT2D eigenvalue weighted by Crippen LogP contribution is -2.39. The predicted molar refractivity (Wildman–Crippen MR) is 122 cm³/mol. The summed E-state index contributed by atoms with van der Waals surface area (Å²) in [6.45, 7) is 1.40. The van der Waals surface area contributed by atoms with Gasteiger partial charge in [0.15, 0.2) is 0 Å². The molecule has 6 nitrogen and oxygen atoms in total. The highest BCUT2D eigenvalue weighted by atomic mass is 35.5. The van der Waals surface area contributed by atoms with Crippen LogP contribution in [0.4, 0.5) is 4.39 Å². The first kappa shape index (κ1) is 23.6. The van der Waals surface area contributed by atoms with Crippen LogP contribution in [-0.2, 0) is 21.4 Å². The number of carbonyl (C=O) groups excluding carboxylic acids is 1. The summed E-state index contributed by atoms with van der Waals surface area (Å²) in [4.78, 5) is 12.5. The minimum atomic E-state index is -4.01. The fraction of sp³-hybridized carbons (Fsp3) is 0.130. The van der Waals surface area contributed by atoms with Gasteiger partial charge in [-0.15, -0.1) is 0 Å². The van der Waals surface area contributed by atoms with Crippen molar-refractivity contribution in [2.75, 3.05) is 6.54 Å². The molecule has 0 aliphatic carbocycles. The molecule has 0 fully saturated rings. The third kappa shape index (κ3) is 6.23. The van der Waals surface area contributed by atoms with Gasteiger partial charge in [0.2, 0.25) is 10.0 Å². The van der Waals surface area contributed by atoms with E-state index in [0.29, 0.717) is 5.02 Å². The minimum absolute atomic E-state index is 0.0113. The molecule has 1 N–H and O–H groups in total. The van der Waals surface area contributed by atoms with E-state index in [4.69, 9.17) is 11.6 Å². The molecule has 3 rings (SSSR count). The molecule has 0 saturated carbocycles. The Morgan fingerprint density at radius 1 is 1.09 bits per heavy atom. The van der Waals surface area contributed by atoms with Crippen LogP contribution in [0.25, 0.3) is 0 Å². The molecule has 0 heterocycles. The van der Waals surface area contributed by atoms with Crippen molar-refractivity contribution in [3.63, 3.8) is 0 Å². The van der Waals surface area contributed by atoms with E-state index in [2.05, 4.69) is 10.5 Å². The number of halogens is 2. The van der Waals surface area contributed by atoms with Crippen molar-refractivity contribution < 1.29 is 17.6 Å². The summed E-state index contributed by atoms with van der Waals surface area (Å²) in [6, 6.07) is 19.0. The van der Waals surface area contributed by atoms with Crippen molar-refractivity contribution in [2.24, 2.45) is 5.10 Å². The Morgan fingerprint density at radius 2 is 1.81 bits per heavy atom. The summed E-state index contributed by atoms with van der Waals surface area (Å²) in [5.74, 6) is -1.15. The van der Waals surface area contributed by atoms with Gasteiger partial charge in [0.25, 0.3) is 5.91 Å². The van der Waals surface area contributed by atoms with E-state index in [1.165, 1.54) is 42.5 Å². The molecule has 166 valence electrons. The van der Waals surface area contributed by atoms with Crippen molar-refractivity contribution >= 4 is 33.7 Å². The summed E-state index contributed by atoms with van der Waals surface area (Å²) in [7, 11) is -4.01. The third-order valence-electron chi connectivity index (χ3n) is 4.51. The number of carbonyl (C=O) groups is 1. The fourth-order valence-electron chi connectivity index (χ4n) is 2.94. The highest BCUT2D eigenvalue weighted by molar-refractivity contribution is 7.89. The van der Waals surface area contributed by atoms with Gasteiger partial charge < -0.3 is 0 Å². The smallest absolute Gasteiger partial charge is 0.255 e. The van der Waals surface area contributed by atoms with E-state index in [0.717, 1.165) is 21.6 Å². The number of amides is 1. The minimum Gasteiger partial charge on any atom is -0.272 e. The molecule has 3 aromatic carbocycles. The largest absolute Gasteiger partial charge is 0.272 e. The van der Waals surface area contributed by atoms with Crippen LogP contribution in [0.5, 0.6) is 0 Å². The lowest BCUT2D eigenvalue weighted by molar-refractivity contribution is -0.121. The number of hydrogen-bond acceptors (Lipinski definition) is 4. The number of nitrogens with one attached hydrogen (secondary N) is 1. The van der Waals surface area contributed by atoms with Crippen molar-refractivity contribution in [3.8, 4) is 0 Å². The first-order valence-electron chi connectivity index (χ1n) is 9.63. The van der Waals surface area contributed by atoms with E-state index in [1.54, 1.807) is 12.1 Å². The van der Waals surface area contributed by atoms with Crippen LogP contribution in [0, 0.1) is 12.7 Å². The Kier molecular flexibility index (Phi) is 7.74. The molecule has 0 aliphatic rings. The van der Waals surface area contributed by atoms with Crippen LogP contribution in [0.15, 0.2) is 82.8 Å². The zero-order valence-corrected chi connectivity index (χ0v) is 18.8. The van der Waals surface area contributed by atoms with E-state index in [-0.39, 0.29) is 17.0 Å². The second-order valence-corrected chi connectivity index (χ2v) is 9.41. The van der Waals surface area contributed by atoms with Gasteiger partial charge in [0.1, 0.15) is 5.82 Å². The van der Waals surface area contributed by atoms with E-state index in [9.17, 15) is 17.6 Å². The third-order valence-corrected chi connectivity index (χ3v) is 6.57. The van der Waals surface area contributed by atoms with E-state index in [1.807, 2.05) is 25.1 Å². The molecule has 3 aromatic rings. The van der Waals surface area contributed by atoms with Crippen LogP contribution >= 0.6 is 11.6 Å². The predicted octanol–water partition coefficient (Wildman–Crippen LogP) is 4.13.